The summed E-state index contributed by atoms with van der Waals surface area (Å²) in [6.07, 6.45) is 7.58. The number of aromatic nitrogens is 3. The minimum absolute atomic E-state index is 0.0546. The Labute approximate surface area is 130 Å². The monoisotopic (exact) mass is 299 g/mol. The van der Waals surface area contributed by atoms with E-state index in [0.29, 0.717) is 18.2 Å². The normalized spacial score (nSPS) is 18.2. The first kappa shape index (κ1) is 14.6. The number of pyridine rings is 1. The SMILES string of the molecule is Cn1nccc1C(=O)NC[C@H]1CCCN(c2ccncc2)C1. The second kappa shape index (κ2) is 6.60. The first-order valence-corrected chi connectivity index (χ1v) is 7.65. The maximum atomic E-state index is 12.1. The van der Waals surface area contributed by atoms with Crippen LogP contribution in [-0.4, -0.2) is 40.3 Å². The van der Waals surface area contributed by atoms with E-state index in [-0.39, 0.29) is 5.91 Å². The van der Waals surface area contributed by atoms with Gasteiger partial charge in [0.2, 0.25) is 0 Å². The van der Waals surface area contributed by atoms with Gasteiger partial charge in [0.05, 0.1) is 0 Å². The molecule has 0 saturated carbocycles. The minimum Gasteiger partial charge on any atom is -0.371 e. The molecular weight excluding hydrogens is 278 g/mol. The van der Waals surface area contributed by atoms with Crippen LogP contribution in [0.25, 0.3) is 0 Å². The van der Waals surface area contributed by atoms with Crippen LogP contribution in [0.2, 0.25) is 0 Å². The van der Waals surface area contributed by atoms with E-state index in [2.05, 4.69) is 20.3 Å². The zero-order chi connectivity index (χ0) is 15.4. The summed E-state index contributed by atoms with van der Waals surface area (Å²) in [4.78, 5) is 18.6. The van der Waals surface area contributed by atoms with Crippen molar-refractivity contribution in [2.75, 3.05) is 24.5 Å². The molecule has 0 spiro atoms. The van der Waals surface area contributed by atoms with Crippen LogP contribution in [-0.2, 0) is 7.05 Å². The molecule has 3 rings (SSSR count). The Morgan fingerprint density at radius 2 is 2.14 bits per heavy atom. The number of hydrogen-bond acceptors (Lipinski definition) is 4. The summed E-state index contributed by atoms with van der Waals surface area (Å²) < 4.78 is 1.60. The van der Waals surface area contributed by atoms with Gasteiger partial charge in [-0.1, -0.05) is 0 Å². The van der Waals surface area contributed by atoms with Crippen molar-refractivity contribution in [1.82, 2.24) is 20.1 Å². The van der Waals surface area contributed by atoms with Crippen molar-refractivity contribution in [2.24, 2.45) is 13.0 Å². The van der Waals surface area contributed by atoms with Gasteiger partial charge < -0.3 is 10.2 Å². The number of piperidine rings is 1. The molecule has 1 amide bonds. The molecule has 6 nitrogen and oxygen atoms in total. The molecule has 1 saturated heterocycles. The van der Waals surface area contributed by atoms with Crippen molar-refractivity contribution in [2.45, 2.75) is 12.8 Å². The first-order valence-electron chi connectivity index (χ1n) is 7.65. The predicted molar refractivity (Wildman–Crippen MR) is 84.7 cm³/mol. The molecule has 1 fully saturated rings. The second-order valence-electron chi connectivity index (χ2n) is 5.71. The number of aryl methyl sites for hydroxylation is 1. The highest BCUT2D eigenvalue weighted by molar-refractivity contribution is 5.92. The van der Waals surface area contributed by atoms with E-state index in [9.17, 15) is 4.79 Å². The largest absolute Gasteiger partial charge is 0.371 e. The van der Waals surface area contributed by atoms with Gasteiger partial charge in [-0.3, -0.25) is 14.5 Å². The molecule has 0 aromatic carbocycles. The molecule has 1 atom stereocenters. The Hall–Kier alpha value is -2.37. The number of carbonyl (C=O) groups excluding carboxylic acids is 1. The van der Waals surface area contributed by atoms with Crippen molar-refractivity contribution in [3.05, 3.63) is 42.5 Å². The Morgan fingerprint density at radius 1 is 1.32 bits per heavy atom. The zero-order valence-corrected chi connectivity index (χ0v) is 12.8. The number of nitrogens with one attached hydrogen (secondary N) is 1. The van der Waals surface area contributed by atoms with Crippen molar-refractivity contribution in [1.29, 1.82) is 0 Å². The molecule has 22 heavy (non-hydrogen) atoms. The molecule has 1 aliphatic rings. The van der Waals surface area contributed by atoms with Crippen LogP contribution < -0.4 is 10.2 Å². The van der Waals surface area contributed by atoms with E-state index in [1.807, 2.05) is 24.5 Å². The number of nitrogens with zero attached hydrogens (tertiary/aromatic N) is 4. The third kappa shape index (κ3) is 3.27. The lowest BCUT2D eigenvalue weighted by molar-refractivity contribution is 0.0936. The summed E-state index contributed by atoms with van der Waals surface area (Å²) >= 11 is 0. The lowest BCUT2D eigenvalue weighted by atomic mass is 9.97. The van der Waals surface area contributed by atoms with E-state index in [0.717, 1.165) is 25.9 Å². The third-order valence-electron chi connectivity index (χ3n) is 4.15. The summed E-state index contributed by atoms with van der Waals surface area (Å²) in [5.74, 6) is 0.417. The molecule has 0 aliphatic carbocycles. The Balaban J connectivity index is 1.55. The van der Waals surface area contributed by atoms with Gasteiger partial charge in [-0.05, 0) is 37.0 Å². The fourth-order valence-corrected chi connectivity index (χ4v) is 2.95. The Morgan fingerprint density at radius 3 is 2.86 bits per heavy atom. The van der Waals surface area contributed by atoms with Crippen molar-refractivity contribution in [3.63, 3.8) is 0 Å². The van der Waals surface area contributed by atoms with Crippen molar-refractivity contribution in [3.8, 4) is 0 Å². The summed E-state index contributed by atoms with van der Waals surface area (Å²) in [7, 11) is 1.78. The topological polar surface area (TPSA) is 63.1 Å². The second-order valence-corrected chi connectivity index (χ2v) is 5.71. The standard InChI is InChI=1S/C16H21N5O/c1-20-15(6-9-19-20)16(22)18-11-13-3-2-10-21(12-13)14-4-7-17-8-5-14/h4-9,13H,2-3,10-12H2,1H3,(H,18,22)/t13-/m1/s1. The maximum absolute atomic E-state index is 12.1. The number of carbonyl (C=O) groups is 1. The van der Waals surface area contributed by atoms with Gasteiger partial charge in [0, 0.05) is 51.0 Å². The van der Waals surface area contributed by atoms with E-state index in [1.54, 1.807) is 24.0 Å². The van der Waals surface area contributed by atoms with Gasteiger partial charge in [-0.2, -0.15) is 5.10 Å². The first-order chi connectivity index (χ1) is 10.7. The maximum Gasteiger partial charge on any atom is 0.269 e. The van der Waals surface area contributed by atoms with Crippen LogP contribution in [0.5, 0.6) is 0 Å². The third-order valence-corrected chi connectivity index (χ3v) is 4.15. The van der Waals surface area contributed by atoms with E-state index < -0.39 is 0 Å². The molecule has 2 aromatic heterocycles. The predicted octanol–water partition coefficient (Wildman–Crippen LogP) is 1.46. The lowest BCUT2D eigenvalue weighted by Gasteiger charge is -2.34. The molecule has 3 heterocycles. The summed E-state index contributed by atoms with van der Waals surface area (Å²) in [5, 5.41) is 7.05. The minimum atomic E-state index is -0.0546. The van der Waals surface area contributed by atoms with Crippen LogP contribution in [0.4, 0.5) is 5.69 Å². The van der Waals surface area contributed by atoms with Gasteiger partial charge in [0.15, 0.2) is 0 Å². The summed E-state index contributed by atoms with van der Waals surface area (Å²) in [5.41, 5.74) is 1.81. The quantitative estimate of drug-likeness (QED) is 0.928. The molecule has 116 valence electrons. The highest BCUT2D eigenvalue weighted by Gasteiger charge is 2.21. The van der Waals surface area contributed by atoms with Crippen LogP contribution in [0.1, 0.15) is 23.3 Å². The van der Waals surface area contributed by atoms with E-state index >= 15 is 0 Å². The average Bonchev–Trinajstić information content (AvgIpc) is 3.00. The Bertz CT molecular complexity index is 624. The fraction of sp³-hybridized carbons (Fsp3) is 0.438. The smallest absolute Gasteiger partial charge is 0.269 e. The molecule has 0 unspecified atom stereocenters. The highest BCUT2D eigenvalue weighted by Crippen LogP contribution is 2.22. The Kier molecular flexibility index (Phi) is 4.37. The van der Waals surface area contributed by atoms with E-state index in [4.69, 9.17) is 0 Å². The van der Waals surface area contributed by atoms with Gasteiger partial charge in [-0.25, -0.2) is 0 Å². The number of anilines is 1. The summed E-state index contributed by atoms with van der Waals surface area (Å²) in [6, 6.07) is 5.81. The van der Waals surface area contributed by atoms with Crippen LogP contribution in [0.15, 0.2) is 36.8 Å². The van der Waals surface area contributed by atoms with Crippen LogP contribution >= 0.6 is 0 Å². The fourth-order valence-electron chi connectivity index (χ4n) is 2.95. The highest BCUT2D eigenvalue weighted by atomic mass is 16.2. The molecule has 0 bridgehead atoms. The summed E-state index contributed by atoms with van der Waals surface area (Å²) in [6.45, 7) is 2.73. The number of rotatable bonds is 4. The number of hydrogen-bond donors (Lipinski definition) is 1. The molecule has 1 aliphatic heterocycles. The average molecular weight is 299 g/mol. The van der Waals surface area contributed by atoms with Crippen LogP contribution in [0, 0.1) is 5.92 Å². The van der Waals surface area contributed by atoms with E-state index in [1.165, 1.54) is 5.69 Å². The number of amides is 1. The lowest BCUT2D eigenvalue weighted by Crippen LogP contribution is -2.41. The molecular formula is C16H21N5O. The van der Waals surface area contributed by atoms with Crippen molar-refractivity contribution >= 4 is 11.6 Å². The van der Waals surface area contributed by atoms with Gasteiger partial charge >= 0.3 is 0 Å². The van der Waals surface area contributed by atoms with Gasteiger partial charge in [-0.15, -0.1) is 0 Å². The zero-order valence-electron chi connectivity index (χ0n) is 12.8. The van der Waals surface area contributed by atoms with Crippen LogP contribution in [0.3, 0.4) is 0 Å². The molecule has 6 heteroatoms. The van der Waals surface area contributed by atoms with Gasteiger partial charge in [0.25, 0.3) is 5.91 Å². The van der Waals surface area contributed by atoms with Crippen molar-refractivity contribution < 1.29 is 4.79 Å². The molecule has 1 N–H and O–H groups in total. The van der Waals surface area contributed by atoms with Gasteiger partial charge in [0.1, 0.15) is 5.69 Å². The molecule has 2 aromatic rings. The molecule has 0 radical (unpaired) electrons.